The number of amides is 4. The van der Waals surface area contributed by atoms with Gasteiger partial charge in [0.25, 0.3) is 5.91 Å². The number of carbonyl (C=O) groups excluding carboxylic acids is 4. The number of hydrogen-bond acceptors (Lipinski definition) is 11. The summed E-state index contributed by atoms with van der Waals surface area (Å²) in [5.41, 5.74) is 8.23. The number of hydrogen-bond donors (Lipinski definition) is 4. The first-order valence-electron chi connectivity index (χ1n) is 21.5. The highest BCUT2D eigenvalue weighted by Crippen LogP contribution is 2.47. The van der Waals surface area contributed by atoms with Crippen LogP contribution in [0, 0.1) is 12.8 Å². The van der Waals surface area contributed by atoms with Crippen molar-refractivity contribution in [3.05, 3.63) is 76.8 Å². The summed E-state index contributed by atoms with van der Waals surface area (Å²) in [5, 5.41) is 9.94. The van der Waals surface area contributed by atoms with E-state index in [0.29, 0.717) is 46.8 Å². The minimum atomic E-state index is -1.61. The Bertz CT molecular complexity index is 2470. The number of thiazole rings is 1. The summed E-state index contributed by atoms with van der Waals surface area (Å²) >= 11 is 1.50. The number of fused-ring (bicyclic) bond motifs is 3. The average molecular weight is 882 g/mol. The number of methoxy groups -OCH3 is 1. The standard InChI is InChI=1S/C46H55N7O7S2/c1-26(2)35-25-61-42(50-35)34-22-38(32-16-17-37(59-5)27(3)39(32)49-34)60-31-21-36-41(55)51-46(44(57)52-62(58)45(4)18-19-45)23-29(46)13-9-7-6-8-10-15-33(43(56)53(36)24-31)48-30-14-11-12-28(20-30)40(47)54/h9,11-14,16-17,20,22,25-26,29,31,33,36,48H,6-8,10,15,18-19,21,23-24H2,1-5H3,(H2,47,54)(H,51,55)(H,52,57)/b13-9-/t29-,31-,33+,36+,46-,62?/m1/s1. The molecule has 14 nitrogen and oxygen atoms in total. The molecular weight excluding hydrogens is 827 g/mol. The van der Waals surface area contributed by atoms with E-state index in [1.54, 1.807) is 36.3 Å². The van der Waals surface area contributed by atoms with Gasteiger partial charge in [-0.05, 0) is 88.6 Å². The number of rotatable bonds is 11. The first-order valence-corrected chi connectivity index (χ1v) is 23.5. The van der Waals surface area contributed by atoms with E-state index in [-0.39, 0.29) is 30.7 Å². The number of ether oxygens (including phenoxy) is 2. The lowest BCUT2D eigenvalue weighted by Gasteiger charge is -2.30. The first kappa shape index (κ1) is 43.3. The molecule has 4 heterocycles. The number of nitrogens with zero attached hydrogens (tertiary/aromatic N) is 3. The van der Waals surface area contributed by atoms with Gasteiger partial charge in [-0.15, -0.1) is 11.3 Å². The van der Waals surface area contributed by atoms with Gasteiger partial charge in [-0.1, -0.05) is 44.9 Å². The van der Waals surface area contributed by atoms with Gasteiger partial charge in [0.05, 0.1) is 29.6 Å². The second kappa shape index (κ2) is 17.4. The number of anilines is 1. The summed E-state index contributed by atoms with van der Waals surface area (Å²) in [6.07, 6.45) is 9.03. The van der Waals surface area contributed by atoms with Gasteiger partial charge in [0.15, 0.2) is 0 Å². The van der Waals surface area contributed by atoms with Gasteiger partial charge in [0.2, 0.25) is 17.7 Å². The van der Waals surface area contributed by atoms with Crippen LogP contribution in [0.1, 0.15) is 106 Å². The van der Waals surface area contributed by atoms with Crippen molar-refractivity contribution in [3.63, 3.8) is 0 Å². The highest BCUT2D eigenvalue weighted by Gasteiger charge is 2.62. The molecule has 3 fully saturated rings. The average Bonchev–Trinajstić information content (AvgIpc) is 4.01. The number of aromatic nitrogens is 2. The predicted octanol–water partition coefficient (Wildman–Crippen LogP) is 6.45. The molecule has 328 valence electrons. The summed E-state index contributed by atoms with van der Waals surface area (Å²) in [6.45, 7) is 8.07. The molecule has 0 spiro atoms. The Labute approximate surface area is 368 Å². The molecule has 5 N–H and O–H groups in total. The van der Waals surface area contributed by atoms with Crippen molar-refractivity contribution in [3.8, 4) is 22.2 Å². The summed E-state index contributed by atoms with van der Waals surface area (Å²) in [4.78, 5) is 67.4. The number of primary amides is 1. The molecule has 0 bridgehead atoms. The maximum absolute atomic E-state index is 15.0. The molecule has 1 unspecified atom stereocenters. The third-order valence-corrected chi connectivity index (χ3v) is 15.3. The van der Waals surface area contributed by atoms with Gasteiger partial charge in [-0.3, -0.25) is 23.9 Å². The molecule has 4 aromatic rings. The molecule has 4 aliphatic rings. The maximum atomic E-state index is 15.0. The van der Waals surface area contributed by atoms with E-state index in [1.807, 2.05) is 49.6 Å². The van der Waals surface area contributed by atoms with Gasteiger partial charge >= 0.3 is 0 Å². The van der Waals surface area contributed by atoms with Crippen molar-refractivity contribution < 1.29 is 32.9 Å². The maximum Gasteiger partial charge on any atom is 0.258 e. The summed E-state index contributed by atoms with van der Waals surface area (Å²) in [6, 6.07) is 10.6. The predicted molar refractivity (Wildman–Crippen MR) is 240 cm³/mol. The third-order valence-electron chi connectivity index (χ3n) is 12.7. The van der Waals surface area contributed by atoms with E-state index in [1.165, 1.54) is 11.3 Å². The largest absolute Gasteiger partial charge is 0.496 e. The van der Waals surface area contributed by atoms with Gasteiger partial charge in [-0.25, -0.2) is 14.2 Å². The Morgan fingerprint density at radius 2 is 1.89 bits per heavy atom. The van der Waals surface area contributed by atoms with Gasteiger partial charge < -0.3 is 30.7 Å². The number of carbonyl (C=O) groups is 4. The second-order valence-corrected chi connectivity index (χ2v) is 20.2. The van der Waals surface area contributed by atoms with Crippen LogP contribution in [0.3, 0.4) is 0 Å². The summed E-state index contributed by atoms with van der Waals surface area (Å²) in [5.74, 6) is -0.756. The van der Waals surface area contributed by atoms with Crippen LogP contribution in [0.25, 0.3) is 21.6 Å². The van der Waals surface area contributed by atoms with Crippen LogP contribution >= 0.6 is 11.3 Å². The normalized spacial score (nSPS) is 25.7. The van der Waals surface area contributed by atoms with Crippen LogP contribution in [-0.2, 0) is 25.4 Å². The fraction of sp³-hybridized carbons (Fsp3) is 0.478. The molecule has 2 aliphatic heterocycles. The van der Waals surface area contributed by atoms with Crippen LogP contribution in [0.2, 0.25) is 0 Å². The zero-order valence-electron chi connectivity index (χ0n) is 35.8. The minimum absolute atomic E-state index is 0.0738. The quantitative estimate of drug-likeness (QED) is 0.122. The molecule has 6 atom stereocenters. The smallest absolute Gasteiger partial charge is 0.258 e. The lowest BCUT2D eigenvalue weighted by atomic mass is 10.0. The fourth-order valence-electron chi connectivity index (χ4n) is 8.44. The Balaban J connectivity index is 1.15. The second-order valence-electron chi connectivity index (χ2n) is 17.6. The molecule has 16 heteroatoms. The number of allylic oxidation sites excluding steroid dienone is 1. The van der Waals surface area contributed by atoms with Crippen LogP contribution in [-0.4, -0.2) is 84.8 Å². The van der Waals surface area contributed by atoms with Crippen molar-refractivity contribution in [2.24, 2.45) is 11.7 Å². The van der Waals surface area contributed by atoms with E-state index in [4.69, 9.17) is 25.2 Å². The molecule has 4 amide bonds. The zero-order valence-corrected chi connectivity index (χ0v) is 37.5. The van der Waals surface area contributed by atoms with Crippen molar-refractivity contribution in [2.45, 2.75) is 120 Å². The molecule has 1 saturated heterocycles. The molecule has 62 heavy (non-hydrogen) atoms. The number of nitrogens with two attached hydrogens (primary N) is 1. The van der Waals surface area contributed by atoms with E-state index in [0.717, 1.165) is 60.2 Å². The van der Waals surface area contributed by atoms with E-state index in [2.05, 4.69) is 29.2 Å². The van der Waals surface area contributed by atoms with Gasteiger partial charge in [-0.2, -0.15) is 0 Å². The third kappa shape index (κ3) is 8.81. The fourth-order valence-corrected chi connectivity index (χ4v) is 10.5. The molecule has 8 rings (SSSR count). The Morgan fingerprint density at radius 1 is 1.08 bits per heavy atom. The minimum Gasteiger partial charge on any atom is -0.496 e. The van der Waals surface area contributed by atoms with Crippen molar-refractivity contribution in [2.75, 3.05) is 19.0 Å². The van der Waals surface area contributed by atoms with Crippen LogP contribution < -0.4 is 30.6 Å². The Kier molecular flexibility index (Phi) is 12.2. The number of benzene rings is 2. The van der Waals surface area contributed by atoms with E-state index >= 15 is 0 Å². The Morgan fingerprint density at radius 3 is 2.61 bits per heavy atom. The SMILES string of the molecule is COc1ccc2c(O[C@@H]3C[C@H]4C(=O)N[C@]5(C(=O)NS(=O)C6(C)CC6)C[C@H]5/C=C\CCCCC[C@H](Nc5cccc(C(N)=O)c5)C(=O)N4C3)cc(-c3nc(C(C)C)cs3)nc2c1C. The number of pyridine rings is 1. The molecule has 2 aromatic heterocycles. The molecule has 2 aliphatic carbocycles. The van der Waals surface area contributed by atoms with E-state index < -0.39 is 57.2 Å². The van der Waals surface area contributed by atoms with E-state index in [9.17, 15) is 23.4 Å². The molecule has 2 aromatic carbocycles. The van der Waals surface area contributed by atoms with Crippen LogP contribution in [0.4, 0.5) is 5.69 Å². The lowest BCUT2D eigenvalue weighted by molar-refractivity contribution is -0.140. The van der Waals surface area contributed by atoms with Crippen molar-refractivity contribution in [1.82, 2.24) is 24.9 Å². The highest BCUT2D eigenvalue weighted by atomic mass is 32.2. The van der Waals surface area contributed by atoms with Crippen LogP contribution in [0.5, 0.6) is 11.5 Å². The van der Waals surface area contributed by atoms with Crippen molar-refractivity contribution >= 4 is 62.5 Å². The van der Waals surface area contributed by atoms with Crippen molar-refractivity contribution in [1.29, 1.82) is 0 Å². The zero-order chi connectivity index (χ0) is 43.9. The first-order chi connectivity index (χ1) is 29.7. The molecule has 2 saturated carbocycles. The highest BCUT2D eigenvalue weighted by molar-refractivity contribution is 7.85. The van der Waals surface area contributed by atoms with Gasteiger partial charge in [0.1, 0.15) is 56.9 Å². The number of nitrogens with one attached hydrogen (secondary N) is 3. The Hall–Kier alpha value is -5.35. The van der Waals surface area contributed by atoms with Crippen LogP contribution in [0.15, 0.2) is 60.0 Å². The monoisotopic (exact) mass is 881 g/mol. The lowest BCUT2D eigenvalue weighted by Crippen LogP contribution is -2.57. The topological polar surface area (TPSA) is 195 Å². The summed E-state index contributed by atoms with van der Waals surface area (Å²) < 4.78 is 28.0. The molecule has 0 radical (unpaired) electrons. The summed E-state index contributed by atoms with van der Waals surface area (Å²) in [7, 11) is 0.000494. The van der Waals surface area contributed by atoms with Gasteiger partial charge in [0, 0.05) is 46.0 Å². The molecular formula is C46H55N7O7S2. The number of aryl methyl sites for hydroxylation is 1.